The van der Waals surface area contributed by atoms with E-state index in [1.54, 1.807) is 4.90 Å². The predicted molar refractivity (Wildman–Crippen MR) is 53.0 cm³/mol. The summed E-state index contributed by atoms with van der Waals surface area (Å²) < 4.78 is 5.28. The molecule has 82 valence electrons. The number of ether oxygens (including phenoxy) is 1. The fraction of sp³-hybridized carbons (Fsp3) is 0.800. The number of rotatable bonds is 2. The molecule has 2 amide bonds. The molecule has 15 heavy (non-hydrogen) atoms. The van der Waals surface area contributed by atoms with E-state index in [0.29, 0.717) is 12.5 Å². The normalized spacial score (nSPS) is 27.5. The highest BCUT2D eigenvalue weighted by Crippen LogP contribution is 2.22. The molecule has 2 rings (SSSR count). The molecule has 2 fully saturated rings. The molecular formula is C10H15N3O2. The summed E-state index contributed by atoms with van der Waals surface area (Å²) in [6.07, 6.45) is 2.01. The maximum Gasteiger partial charge on any atom is 0.318 e. The predicted octanol–water partition coefficient (Wildman–Crippen LogP) is 0.330. The van der Waals surface area contributed by atoms with E-state index in [4.69, 9.17) is 10.00 Å². The Bertz CT molecular complexity index is 281. The van der Waals surface area contributed by atoms with E-state index in [2.05, 4.69) is 5.32 Å². The maximum atomic E-state index is 11.4. The first-order chi connectivity index (χ1) is 7.31. The molecule has 2 aliphatic heterocycles. The summed E-state index contributed by atoms with van der Waals surface area (Å²) in [4.78, 5) is 13.0. The summed E-state index contributed by atoms with van der Waals surface area (Å²) in [7, 11) is 0. The van der Waals surface area contributed by atoms with Crippen molar-refractivity contribution in [2.45, 2.75) is 18.9 Å². The van der Waals surface area contributed by atoms with E-state index < -0.39 is 0 Å². The molecule has 1 unspecified atom stereocenters. The lowest BCUT2D eigenvalue weighted by Crippen LogP contribution is -2.37. The Kier molecular flexibility index (Phi) is 3.07. The van der Waals surface area contributed by atoms with Crippen LogP contribution in [0.4, 0.5) is 4.79 Å². The van der Waals surface area contributed by atoms with Crippen molar-refractivity contribution in [3.63, 3.8) is 0 Å². The van der Waals surface area contributed by atoms with Gasteiger partial charge in [-0.3, -0.25) is 0 Å². The van der Waals surface area contributed by atoms with E-state index in [1.807, 2.05) is 6.07 Å². The van der Waals surface area contributed by atoms with Crippen molar-refractivity contribution in [3.05, 3.63) is 0 Å². The second-order valence-corrected chi connectivity index (χ2v) is 4.04. The van der Waals surface area contributed by atoms with Crippen molar-refractivity contribution in [3.8, 4) is 6.07 Å². The smallest absolute Gasteiger partial charge is 0.318 e. The number of nitrogens with zero attached hydrogens (tertiary/aromatic N) is 2. The van der Waals surface area contributed by atoms with Crippen molar-refractivity contribution in [1.82, 2.24) is 10.2 Å². The third-order valence-electron chi connectivity index (χ3n) is 3.11. The molecule has 5 nitrogen and oxygen atoms in total. The van der Waals surface area contributed by atoms with Crippen LogP contribution in [0.3, 0.4) is 0 Å². The van der Waals surface area contributed by atoms with Gasteiger partial charge in [0, 0.05) is 19.8 Å². The fourth-order valence-electron chi connectivity index (χ4n) is 2.22. The van der Waals surface area contributed by atoms with Crippen LogP contribution < -0.4 is 5.32 Å². The van der Waals surface area contributed by atoms with Crippen molar-refractivity contribution >= 4 is 6.03 Å². The van der Waals surface area contributed by atoms with E-state index >= 15 is 0 Å². The zero-order valence-corrected chi connectivity index (χ0v) is 8.61. The Balaban J connectivity index is 1.90. The van der Waals surface area contributed by atoms with Crippen LogP contribution in [0.15, 0.2) is 0 Å². The molecule has 0 aliphatic carbocycles. The summed E-state index contributed by atoms with van der Waals surface area (Å²) in [6.45, 7) is 2.42. The molecule has 0 spiro atoms. The van der Waals surface area contributed by atoms with Crippen LogP contribution in [0.25, 0.3) is 0 Å². The largest absolute Gasteiger partial charge is 0.381 e. The maximum absolute atomic E-state index is 11.4. The summed E-state index contributed by atoms with van der Waals surface area (Å²) >= 11 is 0. The van der Waals surface area contributed by atoms with Crippen molar-refractivity contribution in [1.29, 1.82) is 5.26 Å². The number of carbonyl (C=O) groups excluding carboxylic acids is 1. The first kappa shape index (κ1) is 10.2. The Hall–Kier alpha value is -1.28. The highest BCUT2D eigenvalue weighted by Gasteiger charge is 2.34. The fourth-order valence-corrected chi connectivity index (χ4v) is 2.22. The van der Waals surface area contributed by atoms with Crippen molar-refractivity contribution < 1.29 is 9.53 Å². The number of hydrogen-bond donors (Lipinski definition) is 1. The molecule has 2 aliphatic rings. The van der Waals surface area contributed by atoms with E-state index in [-0.39, 0.29) is 18.6 Å². The quantitative estimate of drug-likeness (QED) is 0.666. The zero-order valence-electron chi connectivity index (χ0n) is 8.61. The number of nitriles is 1. The monoisotopic (exact) mass is 209 g/mol. The average Bonchev–Trinajstić information content (AvgIpc) is 2.63. The van der Waals surface area contributed by atoms with Gasteiger partial charge in [-0.25, -0.2) is 4.79 Å². The van der Waals surface area contributed by atoms with Crippen LogP contribution in [0, 0.1) is 17.2 Å². The Morgan fingerprint density at radius 3 is 2.93 bits per heavy atom. The highest BCUT2D eigenvalue weighted by molar-refractivity contribution is 5.77. The Labute approximate surface area is 89.0 Å². The summed E-state index contributed by atoms with van der Waals surface area (Å²) in [5.41, 5.74) is 0. The van der Waals surface area contributed by atoms with E-state index in [1.165, 1.54) is 0 Å². The first-order valence-corrected chi connectivity index (χ1v) is 5.31. The number of carbonyl (C=O) groups is 1. The molecule has 0 saturated carbocycles. The summed E-state index contributed by atoms with van der Waals surface area (Å²) in [6, 6.07) is 2.10. The molecule has 2 saturated heterocycles. The molecular weight excluding hydrogens is 194 g/mol. The van der Waals surface area contributed by atoms with Crippen LogP contribution in [0.2, 0.25) is 0 Å². The molecule has 0 aromatic rings. The minimum Gasteiger partial charge on any atom is -0.381 e. The lowest BCUT2D eigenvalue weighted by molar-refractivity contribution is 0.0568. The van der Waals surface area contributed by atoms with Crippen LogP contribution in [0.1, 0.15) is 12.8 Å². The third kappa shape index (κ3) is 2.21. The minimum absolute atomic E-state index is 0.104. The van der Waals surface area contributed by atoms with Gasteiger partial charge in [0.15, 0.2) is 0 Å². The third-order valence-corrected chi connectivity index (χ3v) is 3.11. The van der Waals surface area contributed by atoms with Crippen LogP contribution in [0.5, 0.6) is 0 Å². The SMILES string of the molecule is N#CCN1CC(C2CCOCC2)NC1=O. The van der Waals surface area contributed by atoms with Gasteiger partial charge in [-0.05, 0) is 18.8 Å². The first-order valence-electron chi connectivity index (χ1n) is 5.31. The number of amides is 2. The van der Waals surface area contributed by atoms with Gasteiger partial charge < -0.3 is 15.0 Å². The lowest BCUT2D eigenvalue weighted by atomic mass is 9.92. The molecule has 5 heteroatoms. The van der Waals surface area contributed by atoms with Crippen LogP contribution in [-0.4, -0.2) is 43.3 Å². The lowest BCUT2D eigenvalue weighted by Gasteiger charge is -2.26. The van der Waals surface area contributed by atoms with Crippen LogP contribution in [-0.2, 0) is 4.74 Å². The van der Waals surface area contributed by atoms with Gasteiger partial charge in [-0.2, -0.15) is 5.26 Å². The molecule has 1 atom stereocenters. The Morgan fingerprint density at radius 2 is 2.27 bits per heavy atom. The van der Waals surface area contributed by atoms with E-state index in [0.717, 1.165) is 26.1 Å². The van der Waals surface area contributed by atoms with Gasteiger partial charge in [0.05, 0.1) is 12.1 Å². The second kappa shape index (κ2) is 4.49. The van der Waals surface area contributed by atoms with Gasteiger partial charge >= 0.3 is 6.03 Å². The summed E-state index contributed by atoms with van der Waals surface area (Å²) in [5.74, 6) is 0.506. The highest BCUT2D eigenvalue weighted by atomic mass is 16.5. The molecule has 0 bridgehead atoms. The molecule has 0 aromatic heterocycles. The number of urea groups is 1. The van der Waals surface area contributed by atoms with Gasteiger partial charge in [-0.15, -0.1) is 0 Å². The molecule has 0 radical (unpaired) electrons. The van der Waals surface area contributed by atoms with Gasteiger partial charge in [-0.1, -0.05) is 0 Å². The van der Waals surface area contributed by atoms with Gasteiger partial charge in [0.25, 0.3) is 0 Å². The van der Waals surface area contributed by atoms with Crippen molar-refractivity contribution in [2.24, 2.45) is 5.92 Å². The van der Waals surface area contributed by atoms with Gasteiger partial charge in [0.2, 0.25) is 0 Å². The average molecular weight is 209 g/mol. The van der Waals surface area contributed by atoms with Gasteiger partial charge in [0.1, 0.15) is 6.54 Å². The summed E-state index contributed by atoms with van der Waals surface area (Å²) in [5, 5.41) is 11.5. The zero-order chi connectivity index (χ0) is 10.7. The topological polar surface area (TPSA) is 65.4 Å². The van der Waals surface area contributed by atoms with Crippen molar-refractivity contribution in [2.75, 3.05) is 26.3 Å². The second-order valence-electron chi connectivity index (χ2n) is 4.04. The molecule has 0 aromatic carbocycles. The number of nitrogens with one attached hydrogen (secondary N) is 1. The minimum atomic E-state index is -0.104. The number of hydrogen-bond acceptors (Lipinski definition) is 3. The van der Waals surface area contributed by atoms with Crippen LogP contribution >= 0.6 is 0 Å². The van der Waals surface area contributed by atoms with E-state index in [9.17, 15) is 4.79 Å². The standard InChI is InChI=1S/C10H15N3O2/c11-3-4-13-7-9(12-10(13)14)8-1-5-15-6-2-8/h8-9H,1-2,4-7H2,(H,12,14). The molecule has 1 N–H and O–H groups in total. The molecule has 2 heterocycles. The Morgan fingerprint density at radius 1 is 1.53 bits per heavy atom.